The minimum absolute atomic E-state index is 0.358. The van der Waals surface area contributed by atoms with E-state index < -0.39 is 0 Å². The first kappa shape index (κ1) is 11.5. The Morgan fingerprint density at radius 1 is 1.50 bits per heavy atom. The zero-order valence-electron chi connectivity index (χ0n) is 8.27. The van der Waals surface area contributed by atoms with E-state index in [-0.39, 0.29) is 0 Å². The maximum absolute atomic E-state index is 5.21. The molecule has 0 spiro atoms. The summed E-state index contributed by atoms with van der Waals surface area (Å²) < 4.78 is 1.04. The molecule has 0 saturated carbocycles. The number of rotatable bonds is 4. The third-order valence-corrected chi connectivity index (χ3v) is 3.42. The first-order valence-corrected chi connectivity index (χ1v) is 6.15. The van der Waals surface area contributed by atoms with Crippen molar-refractivity contribution in [2.45, 2.75) is 12.3 Å². The zero-order chi connectivity index (χ0) is 10.4. The lowest BCUT2D eigenvalue weighted by molar-refractivity contribution is 0.910. The van der Waals surface area contributed by atoms with Gasteiger partial charge >= 0.3 is 0 Å². The summed E-state index contributed by atoms with van der Waals surface area (Å²) in [4.78, 5) is 0. The van der Waals surface area contributed by atoms with Gasteiger partial charge in [-0.15, -0.1) is 18.3 Å². The molecule has 1 unspecified atom stereocenters. The van der Waals surface area contributed by atoms with E-state index in [0.717, 1.165) is 10.6 Å². The Labute approximate surface area is 95.4 Å². The van der Waals surface area contributed by atoms with Gasteiger partial charge in [-0.2, -0.15) is 0 Å². The van der Waals surface area contributed by atoms with Gasteiger partial charge in [-0.3, -0.25) is 0 Å². The fourth-order valence-corrected chi connectivity index (χ4v) is 1.83. The molecule has 0 nitrogen and oxygen atoms in total. The van der Waals surface area contributed by atoms with Gasteiger partial charge in [0, 0.05) is 10.1 Å². The van der Waals surface area contributed by atoms with Crippen LogP contribution in [0.4, 0.5) is 0 Å². The smallest absolute Gasteiger partial charge is 0.0485 e. The second kappa shape index (κ2) is 5.99. The molecule has 2 heteroatoms. The quantitative estimate of drug-likeness (QED) is 0.557. The fourth-order valence-electron chi connectivity index (χ4n) is 1.30. The van der Waals surface area contributed by atoms with Crippen LogP contribution in [0.15, 0.2) is 43.0 Å². The van der Waals surface area contributed by atoms with E-state index in [2.05, 4.69) is 18.7 Å². The van der Waals surface area contributed by atoms with E-state index in [1.165, 1.54) is 5.56 Å². The molecule has 0 fully saturated rings. The molecule has 0 heterocycles. The summed E-state index contributed by atoms with van der Waals surface area (Å²) in [5, 5.41) is 0. The van der Waals surface area contributed by atoms with Crippen molar-refractivity contribution in [3.05, 3.63) is 48.6 Å². The summed E-state index contributed by atoms with van der Waals surface area (Å²) in [6.45, 7) is 3.86. The van der Waals surface area contributed by atoms with Gasteiger partial charge in [-0.05, 0) is 18.2 Å². The van der Waals surface area contributed by atoms with Gasteiger partial charge in [0.2, 0.25) is 0 Å². The summed E-state index contributed by atoms with van der Waals surface area (Å²) in [6.07, 6.45) is 4.90. The Morgan fingerprint density at radius 2 is 2.14 bits per heavy atom. The molecule has 74 valence electrons. The van der Waals surface area contributed by atoms with Gasteiger partial charge in [-0.25, -0.2) is 0 Å². The Hall–Kier alpha value is -0.600. The lowest BCUT2D eigenvalue weighted by Gasteiger charge is -2.12. The van der Waals surface area contributed by atoms with Crippen molar-refractivity contribution in [1.82, 2.24) is 0 Å². The third-order valence-electron chi connectivity index (χ3n) is 2.13. The number of thioether (sulfide) groups is 1. The molecule has 0 aliphatic carbocycles. The normalized spacial score (nSPS) is 12.1. The van der Waals surface area contributed by atoms with E-state index >= 15 is 0 Å². The van der Waals surface area contributed by atoms with E-state index in [1.54, 1.807) is 11.8 Å². The molecule has 0 aromatic heterocycles. The number of allylic oxidation sites excluding steroid dienone is 1. The second-order valence-corrected chi connectivity index (χ2v) is 4.69. The van der Waals surface area contributed by atoms with E-state index in [9.17, 15) is 0 Å². The van der Waals surface area contributed by atoms with Crippen LogP contribution in [0.2, 0.25) is 0 Å². The van der Waals surface area contributed by atoms with Crippen LogP contribution < -0.4 is 0 Å². The van der Waals surface area contributed by atoms with Crippen LogP contribution in [0.5, 0.6) is 0 Å². The zero-order valence-corrected chi connectivity index (χ0v) is 9.91. The van der Waals surface area contributed by atoms with E-state index in [1.807, 2.05) is 30.5 Å². The molecule has 14 heavy (non-hydrogen) atoms. The molecular weight excluding hydrogens is 208 g/mol. The van der Waals surface area contributed by atoms with Crippen molar-refractivity contribution >= 4 is 28.2 Å². The van der Waals surface area contributed by atoms with Crippen molar-refractivity contribution in [3.63, 3.8) is 0 Å². The molecule has 0 radical (unpaired) electrons. The minimum atomic E-state index is 0.358. The van der Waals surface area contributed by atoms with Crippen molar-refractivity contribution in [1.29, 1.82) is 0 Å². The highest BCUT2D eigenvalue weighted by Gasteiger charge is 2.08. The highest BCUT2D eigenvalue weighted by atomic mass is 32.2. The standard InChI is InChI=1S/C12H14S2/c1-3-10(9-12(13)14-2)11-7-5-4-6-8-11/h3-8,10H,1,9H2,2H3. The second-order valence-electron chi connectivity index (χ2n) is 3.03. The van der Waals surface area contributed by atoms with Crippen LogP contribution in [0.1, 0.15) is 17.9 Å². The summed E-state index contributed by atoms with van der Waals surface area (Å²) in [5.74, 6) is 0.358. The molecule has 0 N–H and O–H groups in total. The molecule has 0 aliphatic heterocycles. The van der Waals surface area contributed by atoms with Crippen molar-refractivity contribution in [2.24, 2.45) is 0 Å². The number of thiocarbonyl (C=S) groups is 1. The SMILES string of the molecule is C=CC(CC(=S)SC)c1ccccc1. The molecule has 1 aromatic rings. The molecule has 1 aromatic carbocycles. The molecular formula is C12H14S2. The maximum Gasteiger partial charge on any atom is 0.0485 e. The Morgan fingerprint density at radius 3 is 2.64 bits per heavy atom. The number of hydrogen-bond donors (Lipinski definition) is 0. The first-order chi connectivity index (χ1) is 6.77. The Kier molecular flexibility index (Phi) is 4.91. The Balaban J connectivity index is 2.73. The van der Waals surface area contributed by atoms with Crippen LogP contribution in [0.3, 0.4) is 0 Å². The highest BCUT2D eigenvalue weighted by Crippen LogP contribution is 2.23. The predicted molar refractivity (Wildman–Crippen MR) is 70.1 cm³/mol. The summed E-state index contributed by atoms with van der Waals surface area (Å²) >= 11 is 6.86. The predicted octanol–water partition coefficient (Wildman–Crippen LogP) is 4.04. The summed E-state index contributed by atoms with van der Waals surface area (Å²) in [7, 11) is 0. The molecule has 0 saturated heterocycles. The largest absolute Gasteiger partial charge is 0.122 e. The Bertz CT molecular complexity index is 303. The molecule has 0 amide bonds. The van der Waals surface area contributed by atoms with E-state index in [4.69, 9.17) is 12.2 Å². The van der Waals surface area contributed by atoms with Gasteiger partial charge in [0.05, 0.1) is 0 Å². The van der Waals surface area contributed by atoms with Crippen molar-refractivity contribution < 1.29 is 0 Å². The van der Waals surface area contributed by atoms with Crippen LogP contribution in [-0.4, -0.2) is 10.5 Å². The first-order valence-electron chi connectivity index (χ1n) is 4.52. The maximum atomic E-state index is 5.21. The monoisotopic (exact) mass is 222 g/mol. The summed E-state index contributed by atoms with van der Waals surface area (Å²) in [6, 6.07) is 10.4. The van der Waals surface area contributed by atoms with Gasteiger partial charge in [0.25, 0.3) is 0 Å². The lowest BCUT2D eigenvalue weighted by atomic mass is 9.97. The topological polar surface area (TPSA) is 0 Å². The van der Waals surface area contributed by atoms with Gasteiger partial charge < -0.3 is 0 Å². The van der Waals surface area contributed by atoms with Crippen LogP contribution >= 0.6 is 24.0 Å². The van der Waals surface area contributed by atoms with Crippen LogP contribution in [-0.2, 0) is 0 Å². The van der Waals surface area contributed by atoms with Crippen LogP contribution in [0, 0.1) is 0 Å². The number of benzene rings is 1. The van der Waals surface area contributed by atoms with Gasteiger partial charge in [-0.1, -0.05) is 48.6 Å². The van der Waals surface area contributed by atoms with E-state index in [0.29, 0.717) is 5.92 Å². The lowest BCUT2D eigenvalue weighted by Crippen LogP contribution is -1.99. The fraction of sp³-hybridized carbons (Fsp3) is 0.250. The van der Waals surface area contributed by atoms with Gasteiger partial charge in [0.1, 0.15) is 0 Å². The molecule has 1 atom stereocenters. The minimum Gasteiger partial charge on any atom is -0.122 e. The highest BCUT2D eigenvalue weighted by molar-refractivity contribution is 8.22. The average Bonchev–Trinajstić information content (AvgIpc) is 2.26. The molecule has 0 bridgehead atoms. The molecule has 0 aliphatic rings. The third kappa shape index (κ3) is 3.28. The molecule has 1 rings (SSSR count). The van der Waals surface area contributed by atoms with Crippen LogP contribution in [0.25, 0.3) is 0 Å². The van der Waals surface area contributed by atoms with Crippen molar-refractivity contribution in [2.75, 3.05) is 6.26 Å². The summed E-state index contributed by atoms with van der Waals surface area (Å²) in [5.41, 5.74) is 1.29. The van der Waals surface area contributed by atoms with Gasteiger partial charge in [0.15, 0.2) is 0 Å². The van der Waals surface area contributed by atoms with Crippen molar-refractivity contribution in [3.8, 4) is 0 Å². The average molecular weight is 222 g/mol. The number of hydrogen-bond acceptors (Lipinski definition) is 2.